The molecule has 1 aliphatic rings. The number of rotatable bonds is 7. The van der Waals surface area contributed by atoms with Gasteiger partial charge in [-0.3, -0.25) is 4.79 Å². The van der Waals surface area contributed by atoms with E-state index in [0.29, 0.717) is 36.9 Å². The van der Waals surface area contributed by atoms with Gasteiger partial charge in [-0.1, -0.05) is 24.3 Å². The van der Waals surface area contributed by atoms with E-state index in [2.05, 4.69) is 0 Å². The molecule has 0 unspecified atom stereocenters. The second kappa shape index (κ2) is 8.61. The molecule has 0 aliphatic carbocycles. The highest BCUT2D eigenvalue weighted by molar-refractivity contribution is 5.92. The van der Waals surface area contributed by atoms with Crippen molar-refractivity contribution in [2.75, 3.05) is 13.2 Å². The van der Waals surface area contributed by atoms with E-state index < -0.39 is 17.6 Å². The molecule has 6 nitrogen and oxygen atoms in total. The Kier molecular flexibility index (Phi) is 6.17. The van der Waals surface area contributed by atoms with Gasteiger partial charge in [-0.2, -0.15) is 0 Å². The minimum absolute atomic E-state index is 0.0273. The van der Waals surface area contributed by atoms with Crippen molar-refractivity contribution in [1.29, 1.82) is 0 Å². The minimum atomic E-state index is -0.904. The molecule has 1 fully saturated rings. The van der Waals surface area contributed by atoms with Gasteiger partial charge in [0.1, 0.15) is 11.4 Å². The molecule has 2 aromatic rings. The zero-order chi connectivity index (χ0) is 21.0. The van der Waals surface area contributed by atoms with Crippen LogP contribution in [-0.2, 0) is 10.3 Å². The first kappa shape index (κ1) is 20.8. The maximum atomic E-state index is 13.4. The van der Waals surface area contributed by atoms with Gasteiger partial charge in [0.15, 0.2) is 0 Å². The van der Waals surface area contributed by atoms with E-state index in [9.17, 15) is 19.1 Å². The fourth-order valence-corrected chi connectivity index (χ4v) is 3.79. The maximum Gasteiger partial charge on any atom is 0.411 e. The monoisotopic (exact) mass is 400 g/mol. The molecule has 2 aromatic carbocycles. The lowest BCUT2D eigenvalue weighted by Crippen LogP contribution is -2.48. The third-order valence-corrected chi connectivity index (χ3v) is 5.50. The van der Waals surface area contributed by atoms with Gasteiger partial charge in [-0.05, 0) is 55.2 Å². The number of hydrogen-bond acceptors (Lipinski definition) is 4. The lowest BCUT2D eigenvalue weighted by molar-refractivity contribution is -0.0680. The number of amides is 2. The van der Waals surface area contributed by atoms with Crippen LogP contribution in [0, 0.1) is 5.82 Å². The summed E-state index contributed by atoms with van der Waals surface area (Å²) < 4.78 is 19.3. The third kappa shape index (κ3) is 4.40. The molecule has 2 amide bonds. The summed E-state index contributed by atoms with van der Waals surface area (Å²) in [6.07, 6.45) is 0.918. The number of ether oxygens (including phenoxy) is 1. The Morgan fingerprint density at radius 2 is 2.03 bits per heavy atom. The van der Waals surface area contributed by atoms with Gasteiger partial charge in [0.2, 0.25) is 5.91 Å². The van der Waals surface area contributed by atoms with Crippen LogP contribution in [0.1, 0.15) is 53.7 Å². The molecule has 0 bridgehead atoms. The van der Waals surface area contributed by atoms with Gasteiger partial charge in [-0.15, -0.1) is 0 Å². The van der Waals surface area contributed by atoms with Crippen molar-refractivity contribution >= 4 is 12.0 Å². The van der Waals surface area contributed by atoms with Gasteiger partial charge in [0.05, 0.1) is 6.04 Å². The standard InChI is InChI=1S/C22H25FN2O4/c1-15(16-4-2-5-17(14-16)20(24)27)25-12-11-22(10-3-13-26,29-21(25)28)18-6-8-19(23)9-7-18/h2,4-9,14-15,26H,3,10-13H2,1H3,(H2,24,27)/t15-,22+/m0/s1. The number of aliphatic hydroxyl groups excluding tert-OH is 1. The van der Waals surface area contributed by atoms with Gasteiger partial charge >= 0.3 is 6.09 Å². The third-order valence-electron chi connectivity index (χ3n) is 5.50. The predicted octanol–water partition coefficient (Wildman–Crippen LogP) is 3.50. The minimum Gasteiger partial charge on any atom is -0.438 e. The Morgan fingerprint density at radius 1 is 1.31 bits per heavy atom. The van der Waals surface area contributed by atoms with E-state index in [1.54, 1.807) is 35.2 Å². The SMILES string of the molecule is C[C@@H](c1cccc(C(N)=O)c1)N1CC[C@](CCCO)(c2ccc(F)cc2)OC1=O. The molecule has 1 aliphatic heterocycles. The van der Waals surface area contributed by atoms with E-state index in [1.807, 2.05) is 13.0 Å². The average molecular weight is 400 g/mol. The van der Waals surface area contributed by atoms with E-state index >= 15 is 0 Å². The van der Waals surface area contributed by atoms with E-state index in [0.717, 1.165) is 5.56 Å². The van der Waals surface area contributed by atoms with Gasteiger partial charge in [-0.25, -0.2) is 9.18 Å². The number of nitrogens with zero attached hydrogens (tertiary/aromatic N) is 1. The summed E-state index contributed by atoms with van der Waals surface area (Å²) >= 11 is 0. The van der Waals surface area contributed by atoms with Crippen LogP contribution in [0.5, 0.6) is 0 Å². The van der Waals surface area contributed by atoms with E-state index in [-0.39, 0.29) is 18.5 Å². The Hall–Kier alpha value is -2.93. The van der Waals surface area contributed by atoms with Crippen molar-refractivity contribution in [2.24, 2.45) is 5.73 Å². The molecule has 0 spiro atoms. The van der Waals surface area contributed by atoms with Crippen molar-refractivity contribution in [3.63, 3.8) is 0 Å². The van der Waals surface area contributed by atoms with Crippen LogP contribution in [0.4, 0.5) is 9.18 Å². The van der Waals surface area contributed by atoms with Crippen molar-refractivity contribution in [1.82, 2.24) is 4.90 Å². The second-order valence-electron chi connectivity index (χ2n) is 7.31. The van der Waals surface area contributed by atoms with Crippen molar-refractivity contribution in [3.8, 4) is 0 Å². The molecule has 0 aromatic heterocycles. The molecule has 0 saturated carbocycles. The molecular weight excluding hydrogens is 375 g/mol. The highest BCUT2D eigenvalue weighted by Gasteiger charge is 2.43. The first-order valence-electron chi connectivity index (χ1n) is 9.62. The Morgan fingerprint density at radius 3 is 2.66 bits per heavy atom. The first-order chi connectivity index (χ1) is 13.9. The number of halogens is 1. The highest BCUT2D eigenvalue weighted by atomic mass is 19.1. The lowest BCUT2D eigenvalue weighted by atomic mass is 9.84. The molecule has 7 heteroatoms. The quantitative estimate of drug-likeness (QED) is 0.744. The molecule has 154 valence electrons. The van der Waals surface area contributed by atoms with Gasteiger partial charge in [0.25, 0.3) is 0 Å². The molecule has 2 atom stereocenters. The second-order valence-corrected chi connectivity index (χ2v) is 7.31. The molecular formula is C22H25FN2O4. The zero-order valence-corrected chi connectivity index (χ0v) is 16.3. The largest absolute Gasteiger partial charge is 0.438 e. The van der Waals surface area contributed by atoms with Crippen LogP contribution in [0.3, 0.4) is 0 Å². The number of carbonyl (C=O) groups excluding carboxylic acids is 2. The normalized spacial score (nSPS) is 20.2. The molecule has 1 heterocycles. The topological polar surface area (TPSA) is 92.9 Å². The van der Waals surface area contributed by atoms with Crippen LogP contribution >= 0.6 is 0 Å². The van der Waals surface area contributed by atoms with Crippen molar-refractivity contribution in [2.45, 2.75) is 37.8 Å². The van der Waals surface area contributed by atoms with Crippen LogP contribution in [0.15, 0.2) is 48.5 Å². The molecule has 29 heavy (non-hydrogen) atoms. The summed E-state index contributed by atoms with van der Waals surface area (Å²) in [5, 5.41) is 9.28. The van der Waals surface area contributed by atoms with Gasteiger partial charge in [0, 0.05) is 25.1 Å². The number of hydrogen-bond donors (Lipinski definition) is 2. The Bertz CT molecular complexity index is 887. The molecule has 3 rings (SSSR count). The molecule has 3 N–H and O–H groups in total. The summed E-state index contributed by atoms with van der Waals surface area (Å²) in [6, 6.07) is 12.5. The first-order valence-corrected chi connectivity index (χ1v) is 9.62. The number of primary amides is 1. The number of carbonyl (C=O) groups is 2. The van der Waals surface area contributed by atoms with Crippen LogP contribution in [0.25, 0.3) is 0 Å². The maximum absolute atomic E-state index is 13.4. The van der Waals surface area contributed by atoms with Crippen LogP contribution < -0.4 is 5.73 Å². The summed E-state index contributed by atoms with van der Waals surface area (Å²) in [6.45, 7) is 2.25. The zero-order valence-electron chi connectivity index (χ0n) is 16.3. The summed E-state index contributed by atoms with van der Waals surface area (Å²) in [5.74, 6) is -0.891. The lowest BCUT2D eigenvalue weighted by Gasteiger charge is -2.43. The summed E-state index contributed by atoms with van der Waals surface area (Å²) in [5.41, 5.74) is 6.32. The Labute approximate surface area is 169 Å². The predicted molar refractivity (Wildman–Crippen MR) is 106 cm³/mol. The summed E-state index contributed by atoms with van der Waals surface area (Å²) in [7, 11) is 0. The molecule has 1 saturated heterocycles. The average Bonchev–Trinajstić information content (AvgIpc) is 2.72. The van der Waals surface area contributed by atoms with E-state index in [4.69, 9.17) is 10.5 Å². The molecule has 0 radical (unpaired) electrons. The summed E-state index contributed by atoms with van der Waals surface area (Å²) in [4.78, 5) is 26.0. The fourth-order valence-electron chi connectivity index (χ4n) is 3.79. The number of cyclic esters (lactones) is 1. The number of benzene rings is 2. The van der Waals surface area contributed by atoms with Crippen LogP contribution in [-0.4, -0.2) is 35.2 Å². The smallest absolute Gasteiger partial charge is 0.411 e. The highest BCUT2D eigenvalue weighted by Crippen LogP contribution is 2.40. The Balaban J connectivity index is 1.83. The fraction of sp³-hybridized carbons (Fsp3) is 0.364. The van der Waals surface area contributed by atoms with Crippen LogP contribution in [0.2, 0.25) is 0 Å². The van der Waals surface area contributed by atoms with E-state index in [1.165, 1.54) is 12.1 Å². The van der Waals surface area contributed by atoms with Crippen molar-refractivity contribution in [3.05, 3.63) is 71.0 Å². The van der Waals surface area contributed by atoms with Crippen molar-refractivity contribution < 1.29 is 23.8 Å². The van der Waals surface area contributed by atoms with Gasteiger partial charge < -0.3 is 20.5 Å². The number of aliphatic hydroxyl groups is 1. The number of nitrogens with two attached hydrogens (primary N) is 1.